The molecule has 0 spiro atoms. The van der Waals surface area contributed by atoms with E-state index in [2.05, 4.69) is 0 Å². The number of nitrogens with zero attached hydrogens (tertiary/aromatic N) is 1. The van der Waals surface area contributed by atoms with Crippen LogP contribution in [0.3, 0.4) is 0 Å². The van der Waals surface area contributed by atoms with Gasteiger partial charge in [-0.25, -0.2) is 0 Å². The normalized spacial score (nSPS) is 14.5. The molecule has 0 atom stereocenters. The van der Waals surface area contributed by atoms with Crippen LogP contribution < -0.4 is 10.5 Å². The molecule has 1 aromatic rings. The third-order valence-electron chi connectivity index (χ3n) is 3.07. The van der Waals surface area contributed by atoms with E-state index in [4.69, 9.17) is 10.5 Å². The van der Waals surface area contributed by atoms with Gasteiger partial charge in [0.2, 0.25) is 0 Å². The number of benzene rings is 1. The highest BCUT2D eigenvalue weighted by Gasteiger charge is 2.33. The summed E-state index contributed by atoms with van der Waals surface area (Å²) in [5.74, 6) is 0.496. The van der Waals surface area contributed by atoms with Gasteiger partial charge in [-0.1, -0.05) is 6.07 Å². The topological polar surface area (TPSA) is 55.6 Å². The number of anilines is 1. The van der Waals surface area contributed by atoms with E-state index in [-0.39, 0.29) is 5.91 Å². The molecule has 4 nitrogen and oxygen atoms in total. The molecule has 1 aliphatic carbocycles. The molecule has 0 unspecified atom stereocenters. The zero-order valence-electron chi connectivity index (χ0n) is 10.3. The smallest absolute Gasteiger partial charge is 0.257 e. The predicted octanol–water partition coefficient (Wildman–Crippen LogP) is 1.90. The van der Waals surface area contributed by atoms with E-state index in [1.54, 1.807) is 18.2 Å². The number of amides is 1. The first kappa shape index (κ1) is 11.8. The zero-order chi connectivity index (χ0) is 12.4. The van der Waals surface area contributed by atoms with E-state index in [0.717, 1.165) is 19.4 Å². The Morgan fingerprint density at radius 1 is 1.53 bits per heavy atom. The maximum absolute atomic E-state index is 12.4. The molecular formula is C13H18N2O2. The minimum absolute atomic E-state index is 0.0131. The first-order valence-electron chi connectivity index (χ1n) is 5.92. The van der Waals surface area contributed by atoms with E-state index < -0.39 is 0 Å². The number of nitrogens with two attached hydrogens (primary N) is 1. The van der Waals surface area contributed by atoms with Crippen molar-refractivity contribution in [3.8, 4) is 5.75 Å². The van der Waals surface area contributed by atoms with E-state index >= 15 is 0 Å². The van der Waals surface area contributed by atoms with Crippen molar-refractivity contribution in [3.05, 3.63) is 23.8 Å². The monoisotopic (exact) mass is 234 g/mol. The summed E-state index contributed by atoms with van der Waals surface area (Å²) in [6.07, 6.45) is 2.20. The average molecular weight is 234 g/mol. The van der Waals surface area contributed by atoms with Crippen LogP contribution in [0.5, 0.6) is 5.75 Å². The van der Waals surface area contributed by atoms with Gasteiger partial charge < -0.3 is 15.4 Å². The van der Waals surface area contributed by atoms with Gasteiger partial charge in [0, 0.05) is 12.6 Å². The van der Waals surface area contributed by atoms with Crippen LogP contribution >= 0.6 is 0 Å². The van der Waals surface area contributed by atoms with Crippen molar-refractivity contribution in [1.29, 1.82) is 0 Å². The first-order chi connectivity index (χ1) is 8.19. The lowest BCUT2D eigenvalue weighted by Crippen LogP contribution is -2.33. The molecule has 1 aromatic carbocycles. The minimum atomic E-state index is 0.0131. The Hall–Kier alpha value is -1.71. The molecule has 0 aromatic heterocycles. The summed E-state index contributed by atoms with van der Waals surface area (Å²) in [6.45, 7) is 2.72. The zero-order valence-corrected chi connectivity index (χ0v) is 10.3. The highest BCUT2D eigenvalue weighted by molar-refractivity contribution is 5.99. The number of hydrogen-bond acceptors (Lipinski definition) is 3. The Kier molecular flexibility index (Phi) is 3.22. The summed E-state index contributed by atoms with van der Waals surface area (Å²) in [7, 11) is 1.54. The molecule has 1 saturated carbocycles. The Labute approximate surface area is 101 Å². The molecule has 2 rings (SSSR count). The summed E-state index contributed by atoms with van der Waals surface area (Å²) in [4.78, 5) is 14.3. The van der Waals surface area contributed by atoms with Crippen molar-refractivity contribution in [2.24, 2.45) is 0 Å². The number of nitrogen functional groups attached to an aromatic ring is 1. The SMILES string of the molecule is CCN(C(=O)c1cccc(N)c1OC)C1CC1. The molecule has 92 valence electrons. The summed E-state index contributed by atoms with van der Waals surface area (Å²) in [6, 6.07) is 5.69. The van der Waals surface area contributed by atoms with Gasteiger partial charge in [0.05, 0.1) is 18.4 Å². The summed E-state index contributed by atoms with van der Waals surface area (Å²) in [5, 5.41) is 0. The first-order valence-corrected chi connectivity index (χ1v) is 5.92. The average Bonchev–Trinajstić information content (AvgIpc) is 3.14. The Morgan fingerprint density at radius 2 is 2.24 bits per heavy atom. The maximum atomic E-state index is 12.4. The molecule has 4 heteroatoms. The summed E-state index contributed by atoms with van der Waals surface area (Å²) >= 11 is 0. The standard InChI is InChI=1S/C13H18N2O2/c1-3-15(9-7-8-9)13(16)10-5-4-6-11(14)12(10)17-2/h4-6,9H,3,7-8,14H2,1-2H3. The fraction of sp³-hybridized carbons (Fsp3) is 0.462. The second-order valence-electron chi connectivity index (χ2n) is 4.25. The number of ether oxygens (including phenoxy) is 1. The van der Waals surface area contributed by atoms with Crippen LogP contribution in [0.4, 0.5) is 5.69 Å². The van der Waals surface area contributed by atoms with E-state index in [1.165, 1.54) is 7.11 Å². The number of carbonyl (C=O) groups is 1. The molecule has 0 bridgehead atoms. The minimum Gasteiger partial charge on any atom is -0.494 e. The van der Waals surface area contributed by atoms with Crippen molar-refractivity contribution >= 4 is 11.6 Å². The maximum Gasteiger partial charge on any atom is 0.257 e. The van der Waals surface area contributed by atoms with Gasteiger partial charge in [0.25, 0.3) is 5.91 Å². The summed E-state index contributed by atoms with van der Waals surface area (Å²) in [5.41, 5.74) is 6.87. The van der Waals surface area contributed by atoms with Crippen LogP contribution in [0.25, 0.3) is 0 Å². The van der Waals surface area contributed by atoms with Gasteiger partial charge in [0.1, 0.15) is 0 Å². The van der Waals surface area contributed by atoms with Crippen molar-refractivity contribution in [2.75, 3.05) is 19.4 Å². The quantitative estimate of drug-likeness (QED) is 0.809. The lowest BCUT2D eigenvalue weighted by molar-refractivity contribution is 0.0749. The Balaban J connectivity index is 2.32. The number of carbonyl (C=O) groups excluding carboxylic acids is 1. The molecule has 0 heterocycles. The van der Waals surface area contributed by atoms with Crippen molar-refractivity contribution in [3.63, 3.8) is 0 Å². The lowest BCUT2D eigenvalue weighted by Gasteiger charge is -2.21. The van der Waals surface area contributed by atoms with Gasteiger partial charge in [-0.2, -0.15) is 0 Å². The third-order valence-corrected chi connectivity index (χ3v) is 3.07. The fourth-order valence-corrected chi connectivity index (χ4v) is 2.06. The van der Waals surface area contributed by atoms with Gasteiger partial charge >= 0.3 is 0 Å². The predicted molar refractivity (Wildman–Crippen MR) is 67.1 cm³/mol. The largest absolute Gasteiger partial charge is 0.494 e. The second kappa shape index (κ2) is 4.65. The number of rotatable bonds is 4. The molecule has 1 amide bonds. The van der Waals surface area contributed by atoms with Crippen LogP contribution in [0, 0.1) is 0 Å². The van der Waals surface area contributed by atoms with Gasteiger partial charge in [-0.05, 0) is 31.9 Å². The molecular weight excluding hydrogens is 216 g/mol. The third kappa shape index (κ3) is 2.20. The van der Waals surface area contributed by atoms with Crippen LogP contribution in [0.15, 0.2) is 18.2 Å². The van der Waals surface area contributed by atoms with Crippen LogP contribution in [-0.4, -0.2) is 30.5 Å². The van der Waals surface area contributed by atoms with Crippen molar-refractivity contribution in [2.45, 2.75) is 25.8 Å². The molecule has 1 fully saturated rings. The number of methoxy groups -OCH3 is 1. The molecule has 0 saturated heterocycles. The highest BCUT2D eigenvalue weighted by atomic mass is 16.5. The highest BCUT2D eigenvalue weighted by Crippen LogP contribution is 2.32. The van der Waals surface area contributed by atoms with Gasteiger partial charge in [-0.3, -0.25) is 4.79 Å². The van der Waals surface area contributed by atoms with Gasteiger partial charge in [0.15, 0.2) is 5.75 Å². The molecule has 2 N–H and O–H groups in total. The van der Waals surface area contributed by atoms with E-state index in [9.17, 15) is 4.79 Å². The molecule has 0 radical (unpaired) electrons. The van der Waals surface area contributed by atoms with E-state index in [1.807, 2.05) is 11.8 Å². The van der Waals surface area contributed by atoms with Gasteiger partial charge in [-0.15, -0.1) is 0 Å². The Morgan fingerprint density at radius 3 is 2.76 bits per heavy atom. The molecule has 17 heavy (non-hydrogen) atoms. The van der Waals surface area contributed by atoms with Crippen LogP contribution in [0.1, 0.15) is 30.1 Å². The Bertz CT molecular complexity index is 427. The fourth-order valence-electron chi connectivity index (χ4n) is 2.06. The number of para-hydroxylation sites is 1. The second-order valence-corrected chi connectivity index (χ2v) is 4.25. The van der Waals surface area contributed by atoms with Crippen molar-refractivity contribution in [1.82, 2.24) is 4.90 Å². The van der Waals surface area contributed by atoms with Crippen molar-refractivity contribution < 1.29 is 9.53 Å². The lowest BCUT2D eigenvalue weighted by atomic mass is 10.1. The number of hydrogen-bond donors (Lipinski definition) is 1. The summed E-state index contributed by atoms with van der Waals surface area (Å²) < 4.78 is 5.22. The van der Waals surface area contributed by atoms with Crippen LogP contribution in [0.2, 0.25) is 0 Å². The molecule has 1 aliphatic rings. The molecule has 0 aliphatic heterocycles. The van der Waals surface area contributed by atoms with Crippen LogP contribution in [-0.2, 0) is 0 Å². The van der Waals surface area contributed by atoms with E-state index in [0.29, 0.717) is 23.0 Å².